The van der Waals surface area contributed by atoms with Crippen molar-refractivity contribution >= 4 is 67.2 Å². The van der Waals surface area contributed by atoms with E-state index >= 15 is 0 Å². The van der Waals surface area contributed by atoms with Crippen LogP contribution in [0, 0.1) is 3.57 Å². The standard InChI is InChI=1S/C31H31IN6O4S2/c32-23-10-8-22(9-11-23)29-26(21-38(35-29)24-6-2-1-3-7-24)30(39)34-31(43)33-27-20-25(12-13-28(27)36-14-4-5-15-36)44(40,41)37-16-18-42-19-17-37/h1-3,6-13,20-21H,4-5,14-19H2,(H2,33,34,39,43). The molecular formula is C31H31IN6O4S2. The number of para-hydroxylation sites is 1. The van der Waals surface area contributed by atoms with E-state index in [9.17, 15) is 13.2 Å². The first kappa shape index (κ1) is 30.6. The van der Waals surface area contributed by atoms with Gasteiger partial charge in [-0.2, -0.15) is 9.40 Å². The number of morpholine rings is 1. The van der Waals surface area contributed by atoms with E-state index in [1.807, 2.05) is 60.7 Å². The maximum absolute atomic E-state index is 13.7. The SMILES string of the molecule is O=C(NC(=S)Nc1cc(S(=O)(=O)N2CCOCC2)ccc1N1CCCC1)c1cn(-c2ccccc2)nc1-c1ccc(I)cc1. The van der Waals surface area contributed by atoms with Crippen molar-refractivity contribution in [2.24, 2.45) is 0 Å². The third-order valence-electron chi connectivity index (χ3n) is 7.60. The van der Waals surface area contributed by atoms with Gasteiger partial charge in [-0.15, -0.1) is 0 Å². The zero-order valence-corrected chi connectivity index (χ0v) is 27.6. The number of nitrogens with one attached hydrogen (secondary N) is 2. The number of carbonyl (C=O) groups is 1. The Morgan fingerprint density at radius 2 is 1.64 bits per heavy atom. The van der Waals surface area contributed by atoms with E-state index in [0.717, 1.165) is 46.4 Å². The van der Waals surface area contributed by atoms with Crippen LogP contribution in [-0.2, 0) is 14.8 Å². The molecule has 0 aliphatic carbocycles. The van der Waals surface area contributed by atoms with Crippen LogP contribution in [0.1, 0.15) is 23.2 Å². The van der Waals surface area contributed by atoms with E-state index in [2.05, 4.69) is 38.1 Å². The number of sulfonamides is 1. The molecule has 0 unspecified atom stereocenters. The lowest BCUT2D eigenvalue weighted by molar-refractivity contribution is 0.0730. The molecule has 13 heteroatoms. The molecule has 10 nitrogen and oxygen atoms in total. The van der Waals surface area contributed by atoms with Crippen LogP contribution in [0.3, 0.4) is 0 Å². The van der Waals surface area contributed by atoms with Crippen molar-refractivity contribution in [1.82, 2.24) is 19.4 Å². The van der Waals surface area contributed by atoms with Crippen LogP contribution in [-0.4, -0.2) is 72.9 Å². The molecular weight excluding hydrogens is 711 g/mol. The Morgan fingerprint density at radius 1 is 0.932 bits per heavy atom. The monoisotopic (exact) mass is 742 g/mol. The fraction of sp³-hybridized carbons (Fsp3) is 0.258. The average molecular weight is 743 g/mol. The van der Waals surface area contributed by atoms with Crippen LogP contribution >= 0.6 is 34.8 Å². The van der Waals surface area contributed by atoms with Gasteiger partial charge in [0.25, 0.3) is 5.91 Å². The van der Waals surface area contributed by atoms with Crippen molar-refractivity contribution in [3.63, 3.8) is 0 Å². The van der Waals surface area contributed by atoms with Gasteiger partial charge in [0.2, 0.25) is 10.0 Å². The highest BCUT2D eigenvalue weighted by atomic mass is 127. The largest absolute Gasteiger partial charge is 0.379 e. The molecule has 0 bridgehead atoms. The lowest BCUT2D eigenvalue weighted by Gasteiger charge is -2.27. The van der Waals surface area contributed by atoms with Crippen LogP contribution < -0.4 is 15.5 Å². The second-order valence-corrected chi connectivity index (χ2v) is 14.1. The predicted molar refractivity (Wildman–Crippen MR) is 183 cm³/mol. The van der Waals surface area contributed by atoms with E-state index in [1.165, 1.54) is 4.31 Å². The number of halogens is 1. The summed E-state index contributed by atoms with van der Waals surface area (Å²) in [5.74, 6) is -0.432. The van der Waals surface area contributed by atoms with Gasteiger partial charge in [0.1, 0.15) is 5.69 Å². The quantitative estimate of drug-likeness (QED) is 0.204. The number of carbonyl (C=O) groups excluding carboxylic acids is 1. The Balaban J connectivity index is 1.28. The second-order valence-electron chi connectivity index (χ2n) is 10.5. The number of benzene rings is 3. The molecule has 3 aromatic carbocycles. The van der Waals surface area contributed by atoms with Gasteiger partial charge in [0.05, 0.1) is 40.7 Å². The lowest BCUT2D eigenvalue weighted by Crippen LogP contribution is -2.40. The van der Waals surface area contributed by atoms with E-state index < -0.39 is 15.9 Å². The van der Waals surface area contributed by atoms with Crippen molar-refractivity contribution in [3.8, 4) is 16.9 Å². The van der Waals surface area contributed by atoms with E-state index in [4.69, 9.17) is 22.1 Å². The molecule has 6 rings (SSSR count). The first-order valence-corrected chi connectivity index (χ1v) is 17.2. The molecule has 44 heavy (non-hydrogen) atoms. The van der Waals surface area contributed by atoms with Crippen LogP contribution in [0.5, 0.6) is 0 Å². The normalized spacial score (nSPS) is 15.7. The van der Waals surface area contributed by atoms with Crippen molar-refractivity contribution in [2.45, 2.75) is 17.7 Å². The number of ether oxygens (including phenoxy) is 1. The average Bonchev–Trinajstić information content (AvgIpc) is 3.74. The van der Waals surface area contributed by atoms with Gasteiger partial charge in [-0.05, 0) is 90.1 Å². The first-order chi connectivity index (χ1) is 21.3. The molecule has 0 saturated carbocycles. The highest BCUT2D eigenvalue weighted by molar-refractivity contribution is 14.1. The molecule has 1 aromatic heterocycles. The van der Waals surface area contributed by atoms with E-state index in [1.54, 1.807) is 23.0 Å². The smallest absolute Gasteiger partial charge is 0.261 e. The first-order valence-electron chi connectivity index (χ1n) is 14.3. The van der Waals surface area contributed by atoms with Crippen molar-refractivity contribution < 1.29 is 17.9 Å². The Kier molecular flexibility index (Phi) is 9.28. The van der Waals surface area contributed by atoms with Crippen LogP contribution in [0.4, 0.5) is 11.4 Å². The number of aromatic nitrogens is 2. The number of nitrogens with zero attached hydrogens (tertiary/aromatic N) is 4. The maximum atomic E-state index is 13.7. The van der Waals surface area contributed by atoms with Gasteiger partial charge in [0, 0.05) is 41.5 Å². The van der Waals surface area contributed by atoms with Crippen molar-refractivity contribution in [1.29, 1.82) is 0 Å². The second kappa shape index (κ2) is 13.3. The molecule has 3 heterocycles. The molecule has 2 fully saturated rings. The van der Waals surface area contributed by atoms with E-state index in [-0.39, 0.29) is 10.0 Å². The molecule has 2 aliphatic rings. The summed E-state index contributed by atoms with van der Waals surface area (Å²) in [5.41, 5.74) is 3.82. The molecule has 0 radical (unpaired) electrons. The Hall–Kier alpha value is -3.37. The zero-order chi connectivity index (χ0) is 30.7. The summed E-state index contributed by atoms with van der Waals surface area (Å²) in [6.07, 6.45) is 3.77. The predicted octanol–water partition coefficient (Wildman–Crippen LogP) is 4.89. The minimum absolute atomic E-state index is 0.0531. The summed E-state index contributed by atoms with van der Waals surface area (Å²) in [4.78, 5) is 16.1. The van der Waals surface area contributed by atoms with Gasteiger partial charge in [-0.1, -0.05) is 30.3 Å². The molecule has 2 aliphatic heterocycles. The molecule has 1 amide bonds. The molecule has 4 aromatic rings. The molecule has 2 N–H and O–H groups in total. The Labute approximate surface area is 275 Å². The van der Waals surface area contributed by atoms with Gasteiger partial charge < -0.3 is 15.0 Å². The topological polar surface area (TPSA) is 109 Å². The third-order valence-corrected chi connectivity index (χ3v) is 10.4. The summed E-state index contributed by atoms with van der Waals surface area (Å²) in [6.45, 7) is 3.01. The minimum Gasteiger partial charge on any atom is -0.379 e. The molecule has 2 saturated heterocycles. The molecule has 0 atom stereocenters. The number of anilines is 2. The van der Waals surface area contributed by atoms with Crippen LogP contribution in [0.25, 0.3) is 16.9 Å². The Morgan fingerprint density at radius 3 is 2.34 bits per heavy atom. The highest BCUT2D eigenvalue weighted by Gasteiger charge is 2.28. The summed E-state index contributed by atoms with van der Waals surface area (Å²) in [5, 5.41) is 10.7. The van der Waals surface area contributed by atoms with Gasteiger partial charge >= 0.3 is 0 Å². The van der Waals surface area contributed by atoms with Gasteiger partial charge in [0.15, 0.2) is 5.11 Å². The lowest BCUT2D eigenvalue weighted by atomic mass is 10.1. The fourth-order valence-electron chi connectivity index (χ4n) is 5.34. The third kappa shape index (κ3) is 6.66. The van der Waals surface area contributed by atoms with Crippen molar-refractivity contribution in [3.05, 3.63) is 88.1 Å². The summed E-state index contributed by atoms with van der Waals surface area (Å²) in [6, 6.07) is 22.4. The molecule has 0 spiro atoms. The summed E-state index contributed by atoms with van der Waals surface area (Å²) < 4.78 is 36.4. The van der Waals surface area contributed by atoms with Gasteiger partial charge in [-0.25, -0.2) is 13.1 Å². The summed E-state index contributed by atoms with van der Waals surface area (Å²) >= 11 is 7.85. The highest BCUT2D eigenvalue weighted by Crippen LogP contribution is 2.33. The molecule has 228 valence electrons. The number of amides is 1. The van der Waals surface area contributed by atoms with Gasteiger partial charge in [-0.3, -0.25) is 10.1 Å². The Bertz CT molecular complexity index is 1770. The zero-order valence-electron chi connectivity index (χ0n) is 23.8. The van der Waals surface area contributed by atoms with Crippen LogP contribution in [0.15, 0.2) is 83.9 Å². The number of thiocarbonyl (C=S) groups is 1. The van der Waals surface area contributed by atoms with Crippen molar-refractivity contribution in [2.75, 3.05) is 49.6 Å². The van der Waals surface area contributed by atoms with E-state index in [0.29, 0.717) is 43.2 Å². The maximum Gasteiger partial charge on any atom is 0.261 e. The number of rotatable bonds is 7. The number of hydrogen-bond donors (Lipinski definition) is 2. The summed E-state index contributed by atoms with van der Waals surface area (Å²) in [7, 11) is -3.74. The number of hydrogen-bond acceptors (Lipinski definition) is 7. The fourth-order valence-corrected chi connectivity index (χ4v) is 7.34. The van der Waals surface area contributed by atoms with Crippen LogP contribution in [0.2, 0.25) is 0 Å². The minimum atomic E-state index is -3.74.